The molecular weight excluding hydrogens is 208 g/mol. The molecule has 5 nitrogen and oxygen atoms in total. The fourth-order valence-corrected chi connectivity index (χ4v) is 1.26. The van der Waals surface area contributed by atoms with Gasteiger partial charge >= 0.3 is 0 Å². The zero-order valence-electron chi connectivity index (χ0n) is 8.84. The predicted molar refractivity (Wildman–Crippen MR) is 58.4 cm³/mol. The summed E-state index contributed by atoms with van der Waals surface area (Å²) in [4.78, 5) is 32.7. The van der Waals surface area contributed by atoms with E-state index in [0.29, 0.717) is 18.5 Å². The second kappa shape index (κ2) is 5.65. The normalized spacial score (nSPS) is 9.31. The second-order valence-corrected chi connectivity index (χ2v) is 3.26. The Hall–Kier alpha value is -2.17. The van der Waals surface area contributed by atoms with Crippen molar-refractivity contribution in [2.45, 2.75) is 13.5 Å². The lowest BCUT2D eigenvalue weighted by Gasteiger charge is -2.10. The summed E-state index contributed by atoms with van der Waals surface area (Å²) in [5.41, 5.74) is 1.41. The Morgan fingerprint density at radius 1 is 1.38 bits per heavy atom. The van der Waals surface area contributed by atoms with Gasteiger partial charge in [-0.2, -0.15) is 0 Å². The molecule has 0 aliphatic heterocycles. The number of benzene rings is 1. The number of imide groups is 1. The number of hydrogen-bond acceptors (Lipinski definition) is 3. The van der Waals surface area contributed by atoms with Crippen molar-refractivity contribution in [1.82, 2.24) is 4.90 Å². The Balaban J connectivity index is 2.77. The molecule has 0 saturated carbocycles. The third-order valence-electron chi connectivity index (χ3n) is 1.88. The summed E-state index contributed by atoms with van der Waals surface area (Å²) in [7, 11) is 0. The van der Waals surface area contributed by atoms with Crippen LogP contribution in [0.5, 0.6) is 0 Å². The van der Waals surface area contributed by atoms with Crippen LogP contribution in [0.25, 0.3) is 0 Å². The lowest BCUT2D eigenvalue weighted by Crippen LogP contribution is -2.19. The Kier molecular flexibility index (Phi) is 4.20. The molecule has 16 heavy (non-hydrogen) atoms. The summed E-state index contributed by atoms with van der Waals surface area (Å²) in [6, 6.07) is 6.96. The SMILES string of the molecule is CC(=O)Nc1cccc(CN(C=O)C=O)c1. The quantitative estimate of drug-likeness (QED) is 0.745. The van der Waals surface area contributed by atoms with Crippen LogP contribution in [0.3, 0.4) is 0 Å². The predicted octanol–water partition coefficient (Wildman–Crippen LogP) is 0.760. The molecule has 0 heterocycles. The summed E-state index contributed by atoms with van der Waals surface area (Å²) < 4.78 is 0. The highest BCUT2D eigenvalue weighted by Crippen LogP contribution is 2.11. The number of hydrogen-bond donors (Lipinski definition) is 1. The van der Waals surface area contributed by atoms with E-state index in [9.17, 15) is 14.4 Å². The first-order valence-electron chi connectivity index (χ1n) is 4.68. The van der Waals surface area contributed by atoms with Gasteiger partial charge in [0.15, 0.2) is 0 Å². The van der Waals surface area contributed by atoms with Crippen molar-refractivity contribution in [2.24, 2.45) is 0 Å². The highest BCUT2D eigenvalue weighted by Gasteiger charge is 2.02. The molecule has 84 valence electrons. The first-order valence-corrected chi connectivity index (χ1v) is 4.68. The molecule has 1 rings (SSSR count). The summed E-state index contributed by atoms with van der Waals surface area (Å²) in [6.45, 7) is 1.61. The fourth-order valence-electron chi connectivity index (χ4n) is 1.26. The first-order chi connectivity index (χ1) is 7.65. The highest BCUT2D eigenvalue weighted by molar-refractivity contribution is 5.88. The van der Waals surface area contributed by atoms with Crippen molar-refractivity contribution < 1.29 is 14.4 Å². The van der Waals surface area contributed by atoms with Gasteiger partial charge in [0.25, 0.3) is 0 Å². The molecule has 0 aliphatic rings. The number of carbonyl (C=O) groups excluding carboxylic acids is 3. The maximum Gasteiger partial charge on any atom is 0.221 e. The van der Waals surface area contributed by atoms with Crippen molar-refractivity contribution in [3.05, 3.63) is 29.8 Å². The Bertz CT molecular complexity index is 396. The summed E-state index contributed by atoms with van der Waals surface area (Å²) in [5.74, 6) is -0.167. The fraction of sp³-hybridized carbons (Fsp3) is 0.182. The lowest BCUT2D eigenvalue weighted by molar-refractivity contribution is -0.130. The number of nitrogens with one attached hydrogen (secondary N) is 1. The number of nitrogens with zero attached hydrogens (tertiary/aromatic N) is 1. The average Bonchev–Trinajstić information content (AvgIpc) is 2.25. The molecule has 0 aromatic heterocycles. The Labute approximate surface area is 93.1 Å². The van der Waals surface area contributed by atoms with Crippen LogP contribution in [-0.4, -0.2) is 23.6 Å². The molecule has 0 spiro atoms. The third kappa shape index (κ3) is 3.53. The monoisotopic (exact) mass is 220 g/mol. The molecule has 3 amide bonds. The van der Waals surface area contributed by atoms with Gasteiger partial charge in [-0.3, -0.25) is 19.3 Å². The molecule has 5 heteroatoms. The molecule has 0 atom stereocenters. The minimum absolute atomic E-state index is 0.167. The van der Waals surface area contributed by atoms with Crippen molar-refractivity contribution in [2.75, 3.05) is 5.32 Å². The standard InChI is InChI=1S/C11H12N2O3/c1-9(16)12-11-4-2-3-10(5-11)6-13(7-14)8-15/h2-5,7-8H,6H2,1H3,(H,12,16). The maximum atomic E-state index is 10.8. The van der Waals surface area contributed by atoms with E-state index in [4.69, 9.17) is 0 Å². The average molecular weight is 220 g/mol. The molecule has 0 fully saturated rings. The summed E-state index contributed by atoms with van der Waals surface area (Å²) in [6.07, 6.45) is 0.913. The Morgan fingerprint density at radius 3 is 2.62 bits per heavy atom. The molecule has 0 bridgehead atoms. The van der Waals surface area contributed by atoms with Crippen LogP contribution in [-0.2, 0) is 20.9 Å². The number of anilines is 1. The number of rotatable bonds is 5. The smallest absolute Gasteiger partial charge is 0.221 e. The maximum absolute atomic E-state index is 10.8. The van der Waals surface area contributed by atoms with Crippen LogP contribution in [0, 0.1) is 0 Å². The van der Waals surface area contributed by atoms with Gasteiger partial charge in [0.2, 0.25) is 18.7 Å². The molecule has 0 aliphatic carbocycles. The minimum Gasteiger partial charge on any atom is -0.326 e. The van der Waals surface area contributed by atoms with Gasteiger partial charge in [-0.15, -0.1) is 0 Å². The minimum atomic E-state index is -0.167. The van der Waals surface area contributed by atoms with Gasteiger partial charge in [0, 0.05) is 12.6 Å². The van der Waals surface area contributed by atoms with E-state index in [1.165, 1.54) is 6.92 Å². The van der Waals surface area contributed by atoms with Gasteiger partial charge in [0.1, 0.15) is 0 Å². The zero-order valence-corrected chi connectivity index (χ0v) is 8.84. The molecule has 0 unspecified atom stereocenters. The van der Waals surface area contributed by atoms with Gasteiger partial charge in [-0.25, -0.2) is 0 Å². The first kappa shape index (κ1) is 11.9. The van der Waals surface area contributed by atoms with E-state index in [1.54, 1.807) is 24.3 Å². The number of amides is 3. The third-order valence-corrected chi connectivity index (χ3v) is 1.88. The second-order valence-electron chi connectivity index (χ2n) is 3.26. The van der Waals surface area contributed by atoms with Crippen LogP contribution < -0.4 is 5.32 Å². The van der Waals surface area contributed by atoms with E-state index in [0.717, 1.165) is 10.5 Å². The molecule has 1 aromatic rings. The topological polar surface area (TPSA) is 66.5 Å². The van der Waals surface area contributed by atoms with Crippen molar-refractivity contribution in [3.63, 3.8) is 0 Å². The number of carbonyl (C=O) groups is 3. The van der Waals surface area contributed by atoms with Crippen molar-refractivity contribution in [1.29, 1.82) is 0 Å². The van der Waals surface area contributed by atoms with Gasteiger partial charge < -0.3 is 5.32 Å². The van der Waals surface area contributed by atoms with Gasteiger partial charge in [0.05, 0.1) is 6.54 Å². The molecule has 1 N–H and O–H groups in total. The van der Waals surface area contributed by atoms with Crippen LogP contribution in [0.2, 0.25) is 0 Å². The largest absolute Gasteiger partial charge is 0.326 e. The van der Waals surface area contributed by atoms with Crippen LogP contribution in [0.15, 0.2) is 24.3 Å². The lowest BCUT2D eigenvalue weighted by atomic mass is 10.2. The van der Waals surface area contributed by atoms with E-state index in [2.05, 4.69) is 5.32 Å². The summed E-state index contributed by atoms with van der Waals surface area (Å²) >= 11 is 0. The van der Waals surface area contributed by atoms with Gasteiger partial charge in [-0.1, -0.05) is 12.1 Å². The van der Waals surface area contributed by atoms with Gasteiger partial charge in [-0.05, 0) is 17.7 Å². The molecule has 0 radical (unpaired) electrons. The molecule has 1 aromatic carbocycles. The van der Waals surface area contributed by atoms with Crippen LogP contribution in [0.4, 0.5) is 5.69 Å². The zero-order chi connectivity index (χ0) is 12.0. The molecule has 0 saturated heterocycles. The van der Waals surface area contributed by atoms with E-state index < -0.39 is 0 Å². The van der Waals surface area contributed by atoms with Crippen molar-refractivity contribution >= 4 is 24.4 Å². The summed E-state index contributed by atoms with van der Waals surface area (Å²) in [5, 5.41) is 2.62. The van der Waals surface area contributed by atoms with E-state index in [-0.39, 0.29) is 12.5 Å². The highest BCUT2D eigenvalue weighted by atomic mass is 16.2. The molecular formula is C11H12N2O3. The Morgan fingerprint density at radius 2 is 2.06 bits per heavy atom. The van der Waals surface area contributed by atoms with E-state index >= 15 is 0 Å². The van der Waals surface area contributed by atoms with Crippen LogP contribution in [0.1, 0.15) is 12.5 Å². The van der Waals surface area contributed by atoms with Crippen LogP contribution >= 0.6 is 0 Å². The van der Waals surface area contributed by atoms with Crippen molar-refractivity contribution in [3.8, 4) is 0 Å². The van der Waals surface area contributed by atoms with E-state index in [1.807, 2.05) is 0 Å².